The van der Waals surface area contributed by atoms with E-state index in [1.165, 1.54) is 0 Å². The van der Waals surface area contributed by atoms with Crippen LogP contribution in [0.2, 0.25) is 10.0 Å². The van der Waals surface area contributed by atoms with Gasteiger partial charge in [-0.3, -0.25) is 4.79 Å². The topological polar surface area (TPSA) is 72.7 Å². The number of anilines is 1. The summed E-state index contributed by atoms with van der Waals surface area (Å²) in [6.45, 7) is 0. The van der Waals surface area contributed by atoms with Crippen molar-refractivity contribution in [3.63, 3.8) is 0 Å². The van der Waals surface area contributed by atoms with E-state index >= 15 is 0 Å². The first-order chi connectivity index (χ1) is 12.6. The van der Waals surface area contributed by atoms with Gasteiger partial charge in [0.25, 0.3) is 0 Å². The Balaban J connectivity index is 1.45. The third kappa shape index (κ3) is 3.57. The largest absolute Gasteiger partial charge is 0.326 e. The quantitative estimate of drug-likeness (QED) is 0.712. The minimum atomic E-state index is -0.185. The number of benzene rings is 2. The summed E-state index contributed by atoms with van der Waals surface area (Å²) >= 11 is 12.2. The van der Waals surface area contributed by atoms with Crippen LogP contribution in [-0.4, -0.2) is 26.1 Å². The molecule has 0 bridgehead atoms. The molecule has 1 aromatic heterocycles. The first-order valence-corrected chi connectivity index (χ1v) is 8.98. The molecule has 0 atom stereocenters. The van der Waals surface area contributed by atoms with Crippen LogP contribution >= 0.6 is 23.2 Å². The molecule has 1 heterocycles. The number of carbonyl (C=O) groups is 1. The van der Waals surface area contributed by atoms with Gasteiger partial charge in [0.2, 0.25) is 5.91 Å². The number of tetrazole rings is 1. The number of carbonyl (C=O) groups excluding carboxylic acids is 1. The minimum Gasteiger partial charge on any atom is -0.326 e. The number of halogens is 2. The second kappa shape index (κ2) is 7.05. The molecule has 26 heavy (non-hydrogen) atoms. The molecule has 8 heteroatoms. The fourth-order valence-electron chi connectivity index (χ4n) is 2.72. The van der Waals surface area contributed by atoms with E-state index < -0.39 is 0 Å². The van der Waals surface area contributed by atoms with Crippen LogP contribution in [0.5, 0.6) is 0 Å². The number of nitrogens with zero attached hydrogens (tertiary/aromatic N) is 4. The van der Waals surface area contributed by atoms with Gasteiger partial charge in [-0.2, -0.15) is 0 Å². The third-order valence-corrected chi connectivity index (χ3v) is 4.92. The standard InChI is InChI=1S/C18H15Cl2N5O/c19-15-2-1-3-16(20)14(15)10-17(26)21-12-6-4-11(5-7-12)18-22-23-24-25(18)13-8-9-13/h1-7,13H,8-10H2,(H,21,26). The second-order valence-electron chi connectivity index (χ2n) is 6.18. The Labute approximate surface area is 160 Å². The van der Waals surface area contributed by atoms with E-state index in [2.05, 4.69) is 20.8 Å². The molecule has 0 saturated heterocycles. The van der Waals surface area contributed by atoms with Crippen LogP contribution in [0.15, 0.2) is 42.5 Å². The molecule has 1 amide bonds. The Kier molecular flexibility index (Phi) is 4.61. The monoisotopic (exact) mass is 387 g/mol. The molecule has 0 unspecified atom stereocenters. The summed E-state index contributed by atoms with van der Waals surface area (Å²) in [5, 5.41) is 15.7. The maximum atomic E-state index is 12.3. The summed E-state index contributed by atoms with van der Waals surface area (Å²) < 4.78 is 1.85. The van der Waals surface area contributed by atoms with Crippen molar-refractivity contribution in [3.8, 4) is 11.4 Å². The van der Waals surface area contributed by atoms with Crippen LogP contribution in [0.4, 0.5) is 5.69 Å². The van der Waals surface area contributed by atoms with Crippen LogP contribution in [0, 0.1) is 0 Å². The molecule has 1 aliphatic rings. The minimum absolute atomic E-state index is 0.111. The highest BCUT2D eigenvalue weighted by Crippen LogP contribution is 2.36. The summed E-state index contributed by atoms with van der Waals surface area (Å²) in [4.78, 5) is 12.3. The van der Waals surface area contributed by atoms with Gasteiger partial charge < -0.3 is 5.32 Å². The molecular formula is C18H15Cl2N5O. The van der Waals surface area contributed by atoms with Gasteiger partial charge in [-0.1, -0.05) is 29.3 Å². The Hall–Kier alpha value is -2.44. The molecule has 0 aliphatic heterocycles. The molecule has 0 spiro atoms. The number of amides is 1. The molecule has 1 N–H and O–H groups in total. The van der Waals surface area contributed by atoms with E-state index in [1.807, 2.05) is 28.9 Å². The number of nitrogens with one attached hydrogen (secondary N) is 1. The Morgan fingerprint density at radius 2 is 1.81 bits per heavy atom. The summed E-state index contributed by atoms with van der Waals surface area (Å²) in [5.74, 6) is 0.559. The molecule has 1 fully saturated rings. The van der Waals surface area contributed by atoms with Gasteiger partial charge in [0.15, 0.2) is 5.82 Å². The molecule has 2 aromatic carbocycles. The molecular weight excluding hydrogens is 373 g/mol. The lowest BCUT2D eigenvalue weighted by Crippen LogP contribution is -2.14. The highest BCUT2D eigenvalue weighted by atomic mass is 35.5. The molecule has 1 aliphatic carbocycles. The smallest absolute Gasteiger partial charge is 0.228 e. The van der Waals surface area contributed by atoms with E-state index in [0.717, 1.165) is 24.2 Å². The highest BCUT2D eigenvalue weighted by Gasteiger charge is 2.28. The zero-order valence-corrected chi connectivity index (χ0v) is 15.2. The molecule has 6 nitrogen and oxygen atoms in total. The van der Waals surface area contributed by atoms with Gasteiger partial charge >= 0.3 is 0 Å². The number of hydrogen-bond acceptors (Lipinski definition) is 4. The zero-order chi connectivity index (χ0) is 18.1. The highest BCUT2D eigenvalue weighted by molar-refractivity contribution is 6.36. The predicted octanol–water partition coefficient (Wildman–Crippen LogP) is 4.16. The average Bonchev–Trinajstić information content (AvgIpc) is 3.36. The van der Waals surface area contributed by atoms with Crippen LogP contribution in [0.25, 0.3) is 11.4 Å². The van der Waals surface area contributed by atoms with E-state index in [0.29, 0.717) is 27.3 Å². The second-order valence-corrected chi connectivity index (χ2v) is 7.00. The molecule has 0 radical (unpaired) electrons. The molecule has 132 valence electrons. The Morgan fingerprint density at radius 1 is 1.12 bits per heavy atom. The molecule has 4 rings (SSSR count). The Morgan fingerprint density at radius 3 is 2.46 bits per heavy atom. The van der Waals surface area contributed by atoms with E-state index in [4.69, 9.17) is 23.2 Å². The van der Waals surface area contributed by atoms with Crippen LogP contribution in [0.1, 0.15) is 24.4 Å². The van der Waals surface area contributed by atoms with Crippen molar-refractivity contribution >= 4 is 34.8 Å². The lowest BCUT2D eigenvalue weighted by Gasteiger charge is -2.09. The van der Waals surface area contributed by atoms with Gasteiger partial charge in [-0.15, -0.1) is 5.10 Å². The molecule has 1 saturated carbocycles. The van der Waals surface area contributed by atoms with Crippen LogP contribution < -0.4 is 5.32 Å². The van der Waals surface area contributed by atoms with Crippen molar-refractivity contribution in [1.29, 1.82) is 0 Å². The van der Waals surface area contributed by atoms with E-state index in [9.17, 15) is 4.79 Å². The Bertz CT molecular complexity index is 930. The fraction of sp³-hybridized carbons (Fsp3) is 0.222. The van der Waals surface area contributed by atoms with Gasteiger partial charge in [0, 0.05) is 21.3 Å². The number of aromatic nitrogens is 4. The number of hydrogen-bond donors (Lipinski definition) is 1. The first kappa shape index (κ1) is 17.0. The van der Waals surface area contributed by atoms with Crippen molar-refractivity contribution in [2.45, 2.75) is 25.3 Å². The SMILES string of the molecule is O=C(Cc1c(Cl)cccc1Cl)Nc1ccc(-c2nnnn2C2CC2)cc1. The van der Waals surface area contributed by atoms with Crippen molar-refractivity contribution in [2.75, 3.05) is 5.32 Å². The van der Waals surface area contributed by atoms with E-state index in [1.54, 1.807) is 18.2 Å². The van der Waals surface area contributed by atoms with Crippen molar-refractivity contribution in [1.82, 2.24) is 20.2 Å². The van der Waals surface area contributed by atoms with Gasteiger partial charge in [0.1, 0.15) is 0 Å². The summed E-state index contributed by atoms with van der Waals surface area (Å²) in [6.07, 6.45) is 2.33. The first-order valence-electron chi connectivity index (χ1n) is 8.23. The third-order valence-electron chi connectivity index (χ3n) is 4.21. The van der Waals surface area contributed by atoms with Gasteiger partial charge in [0.05, 0.1) is 12.5 Å². The van der Waals surface area contributed by atoms with Crippen molar-refractivity contribution in [2.24, 2.45) is 0 Å². The summed E-state index contributed by atoms with van der Waals surface area (Å²) in [6, 6.07) is 13.0. The van der Waals surface area contributed by atoms with Crippen LogP contribution in [-0.2, 0) is 11.2 Å². The van der Waals surface area contributed by atoms with Crippen molar-refractivity contribution in [3.05, 3.63) is 58.1 Å². The molecule has 3 aromatic rings. The lowest BCUT2D eigenvalue weighted by molar-refractivity contribution is -0.115. The normalized spacial score (nSPS) is 13.6. The van der Waals surface area contributed by atoms with Crippen LogP contribution in [0.3, 0.4) is 0 Å². The number of rotatable bonds is 5. The van der Waals surface area contributed by atoms with Gasteiger partial charge in [-0.05, 0) is 65.2 Å². The average molecular weight is 388 g/mol. The van der Waals surface area contributed by atoms with Crippen molar-refractivity contribution < 1.29 is 4.79 Å². The maximum absolute atomic E-state index is 12.3. The van der Waals surface area contributed by atoms with Gasteiger partial charge in [-0.25, -0.2) is 4.68 Å². The van der Waals surface area contributed by atoms with E-state index in [-0.39, 0.29) is 12.3 Å². The maximum Gasteiger partial charge on any atom is 0.228 e. The lowest BCUT2D eigenvalue weighted by atomic mass is 10.1. The zero-order valence-electron chi connectivity index (χ0n) is 13.7. The summed E-state index contributed by atoms with van der Waals surface area (Å²) in [5.41, 5.74) is 2.22. The fourth-order valence-corrected chi connectivity index (χ4v) is 3.25. The summed E-state index contributed by atoms with van der Waals surface area (Å²) in [7, 11) is 0. The predicted molar refractivity (Wildman–Crippen MR) is 100 cm³/mol.